The predicted molar refractivity (Wildman–Crippen MR) is 96.0 cm³/mol. The Labute approximate surface area is 138 Å². The van der Waals surface area contributed by atoms with Crippen molar-refractivity contribution >= 4 is 21.6 Å². The Morgan fingerprint density at radius 2 is 2.10 bits per heavy atom. The Hall–Kier alpha value is -0.540. The minimum absolute atomic E-state index is 0.523. The average Bonchev–Trinajstić information content (AvgIpc) is 2.71. The van der Waals surface area contributed by atoms with E-state index in [1.807, 2.05) is 0 Å². The summed E-state index contributed by atoms with van der Waals surface area (Å²) in [5, 5.41) is 3.55. The van der Waals surface area contributed by atoms with Crippen LogP contribution in [-0.2, 0) is 6.54 Å². The lowest BCUT2D eigenvalue weighted by molar-refractivity contribution is 0.459. The van der Waals surface area contributed by atoms with E-state index in [4.69, 9.17) is 0 Å². The summed E-state index contributed by atoms with van der Waals surface area (Å²) < 4.78 is 1.18. The van der Waals surface area contributed by atoms with E-state index in [1.54, 1.807) is 0 Å². The highest BCUT2D eigenvalue weighted by molar-refractivity contribution is 9.10. The molecule has 3 heteroatoms. The lowest BCUT2D eigenvalue weighted by atomic mass is 9.98. The van der Waals surface area contributed by atoms with Crippen molar-refractivity contribution in [2.24, 2.45) is 5.92 Å². The summed E-state index contributed by atoms with van der Waals surface area (Å²) in [7, 11) is 0. The van der Waals surface area contributed by atoms with Gasteiger partial charge in [-0.3, -0.25) is 0 Å². The van der Waals surface area contributed by atoms with Crippen LogP contribution < -0.4 is 10.2 Å². The highest BCUT2D eigenvalue weighted by Crippen LogP contribution is 2.29. The Balaban J connectivity index is 2.14. The highest BCUT2D eigenvalue weighted by Gasteiger charge is 2.18. The van der Waals surface area contributed by atoms with E-state index in [9.17, 15) is 0 Å². The SMILES string of the molecule is CCC1CCCN(c2cc(Br)ccc2CNC(C)C)CC1. The summed E-state index contributed by atoms with van der Waals surface area (Å²) in [6.45, 7) is 10.1. The molecule has 0 saturated carbocycles. The zero-order valence-corrected chi connectivity index (χ0v) is 15.2. The van der Waals surface area contributed by atoms with Gasteiger partial charge in [-0.1, -0.05) is 49.2 Å². The van der Waals surface area contributed by atoms with Crippen LogP contribution in [0.15, 0.2) is 22.7 Å². The van der Waals surface area contributed by atoms with Crippen LogP contribution in [0.25, 0.3) is 0 Å². The van der Waals surface area contributed by atoms with Gasteiger partial charge in [-0.15, -0.1) is 0 Å². The van der Waals surface area contributed by atoms with Gasteiger partial charge in [-0.05, 0) is 42.9 Å². The van der Waals surface area contributed by atoms with Crippen molar-refractivity contribution < 1.29 is 0 Å². The molecule has 2 rings (SSSR count). The fourth-order valence-electron chi connectivity index (χ4n) is 3.11. The number of anilines is 1. The average molecular weight is 353 g/mol. The molecule has 1 N–H and O–H groups in total. The molecule has 118 valence electrons. The Kier molecular flexibility index (Phi) is 6.56. The van der Waals surface area contributed by atoms with Gasteiger partial charge < -0.3 is 10.2 Å². The molecule has 0 bridgehead atoms. The summed E-state index contributed by atoms with van der Waals surface area (Å²) in [6.07, 6.45) is 5.37. The molecule has 1 saturated heterocycles. The van der Waals surface area contributed by atoms with Crippen molar-refractivity contribution in [3.05, 3.63) is 28.2 Å². The van der Waals surface area contributed by atoms with Gasteiger partial charge in [0.15, 0.2) is 0 Å². The van der Waals surface area contributed by atoms with E-state index < -0.39 is 0 Å². The molecule has 0 radical (unpaired) electrons. The van der Waals surface area contributed by atoms with Gasteiger partial charge in [0.1, 0.15) is 0 Å². The largest absolute Gasteiger partial charge is 0.371 e. The molecule has 1 aromatic rings. The number of hydrogen-bond donors (Lipinski definition) is 1. The first-order chi connectivity index (χ1) is 10.1. The van der Waals surface area contributed by atoms with Crippen LogP contribution in [0.3, 0.4) is 0 Å². The van der Waals surface area contributed by atoms with Crippen molar-refractivity contribution in [3.63, 3.8) is 0 Å². The van der Waals surface area contributed by atoms with Crippen molar-refractivity contribution in [3.8, 4) is 0 Å². The van der Waals surface area contributed by atoms with Crippen LogP contribution in [0.5, 0.6) is 0 Å². The second-order valence-corrected chi connectivity index (χ2v) is 7.42. The van der Waals surface area contributed by atoms with E-state index in [0.717, 1.165) is 12.5 Å². The molecular weight excluding hydrogens is 324 g/mol. The lowest BCUT2D eigenvalue weighted by Gasteiger charge is -2.26. The van der Waals surface area contributed by atoms with E-state index >= 15 is 0 Å². The van der Waals surface area contributed by atoms with Gasteiger partial charge in [0, 0.05) is 35.8 Å². The Bertz CT molecular complexity index is 445. The summed E-state index contributed by atoms with van der Waals surface area (Å²) in [4.78, 5) is 2.60. The first-order valence-electron chi connectivity index (χ1n) is 8.37. The lowest BCUT2D eigenvalue weighted by Crippen LogP contribution is -2.28. The second kappa shape index (κ2) is 8.19. The Morgan fingerprint density at radius 1 is 1.29 bits per heavy atom. The summed E-state index contributed by atoms with van der Waals surface area (Å²) >= 11 is 3.64. The fourth-order valence-corrected chi connectivity index (χ4v) is 3.46. The molecule has 1 heterocycles. The molecule has 0 aliphatic carbocycles. The molecule has 1 aliphatic heterocycles. The third-order valence-electron chi connectivity index (χ3n) is 4.51. The van der Waals surface area contributed by atoms with E-state index in [1.165, 1.54) is 54.5 Å². The van der Waals surface area contributed by atoms with Crippen molar-refractivity contribution in [1.29, 1.82) is 0 Å². The molecule has 21 heavy (non-hydrogen) atoms. The Morgan fingerprint density at radius 3 is 2.81 bits per heavy atom. The normalized spacial score (nSPS) is 19.9. The monoisotopic (exact) mass is 352 g/mol. The van der Waals surface area contributed by atoms with Crippen LogP contribution in [0, 0.1) is 5.92 Å². The molecule has 1 fully saturated rings. The van der Waals surface area contributed by atoms with Crippen molar-refractivity contribution in [2.45, 2.75) is 59.0 Å². The minimum Gasteiger partial charge on any atom is -0.371 e. The molecule has 0 amide bonds. The van der Waals surface area contributed by atoms with Gasteiger partial charge in [0.25, 0.3) is 0 Å². The molecule has 1 aliphatic rings. The molecule has 0 aromatic heterocycles. The smallest absolute Gasteiger partial charge is 0.0423 e. The van der Waals surface area contributed by atoms with Gasteiger partial charge in [0.2, 0.25) is 0 Å². The van der Waals surface area contributed by atoms with Gasteiger partial charge in [-0.25, -0.2) is 0 Å². The summed E-state index contributed by atoms with van der Waals surface area (Å²) in [5.41, 5.74) is 2.83. The number of benzene rings is 1. The molecule has 1 unspecified atom stereocenters. The standard InChI is InChI=1S/C18H29BrN2/c1-4-15-6-5-10-21(11-9-15)18-12-17(19)8-7-16(18)13-20-14(2)3/h7-8,12,14-15,20H,4-6,9-11,13H2,1-3H3. The maximum Gasteiger partial charge on any atom is 0.0423 e. The van der Waals surface area contributed by atoms with E-state index in [0.29, 0.717) is 6.04 Å². The van der Waals surface area contributed by atoms with Crippen LogP contribution in [0.2, 0.25) is 0 Å². The molecular formula is C18H29BrN2. The predicted octanol–water partition coefficient (Wildman–Crippen LogP) is 4.96. The summed E-state index contributed by atoms with van der Waals surface area (Å²) in [6, 6.07) is 7.24. The zero-order chi connectivity index (χ0) is 15.2. The maximum absolute atomic E-state index is 3.64. The minimum atomic E-state index is 0.523. The van der Waals surface area contributed by atoms with Crippen LogP contribution in [0.4, 0.5) is 5.69 Å². The van der Waals surface area contributed by atoms with Gasteiger partial charge in [0.05, 0.1) is 0 Å². The van der Waals surface area contributed by atoms with Crippen molar-refractivity contribution in [2.75, 3.05) is 18.0 Å². The highest BCUT2D eigenvalue weighted by atomic mass is 79.9. The number of halogens is 1. The third kappa shape index (κ3) is 5.00. The molecule has 2 nitrogen and oxygen atoms in total. The number of rotatable bonds is 5. The molecule has 1 aromatic carbocycles. The number of nitrogens with zero attached hydrogens (tertiary/aromatic N) is 1. The van der Waals surface area contributed by atoms with E-state index in [-0.39, 0.29) is 0 Å². The van der Waals surface area contributed by atoms with Crippen molar-refractivity contribution in [1.82, 2.24) is 5.32 Å². The van der Waals surface area contributed by atoms with Gasteiger partial charge >= 0.3 is 0 Å². The number of hydrogen-bond acceptors (Lipinski definition) is 2. The first-order valence-corrected chi connectivity index (χ1v) is 9.16. The zero-order valence-electron chi connectivity index (χ0n) is 13.7. The quantitative estimate of drug-likeness (QED) is 0.805. The topological polar surface area (TPSA) is 15.3 Å². The maximum atomic E-state index is 3.64. The molecule has 1 atom stereocenters. The van der Waals surface area contributed by atoms with Crippen LogP contribution in [0.1, 0.15) is 52.0 Å². The van der Waals surface area contributed by atoms with Crippen LogP contribution in [-0.4, -0.2) is 19.1 Å². The summed E-state index contributed by atoms with van der Waals surface area (Å²) in [5.74, 6) is 0.916. The second-order valence-electron chi connectivity index (χ2n) is 6.50. The van der Waals surface area contributed by atoms with Gasteiger partial charge in [-0.2, -0.15) is 0 Å². The number of nitrogens with one attached hydrogen (secondary N) is 1. The first kappa shape index (κ1) is 16.8. The fraction of sp³-hybridized carbons (Fsp3) is 0.667. The molecule has 0 spiro atoms. The third-order valence-corrected chi connectivity index (χ3v) is 5.01. The van der Waals surface area contributed by atoms with E-state index in [2.05, 4.69) is 65.1 Å². The van der Waals surface area contributed by atoms with Crippen LogP contribution >= 0.6 is 15.9 Å².